The molecule has 15 heavy (non-hydrogen) atoms. The van der Waals surface area contributed by atoms with Gasteiger partial charge in [0.15, 0.2) is 0 Å². The van der Waals surface area contributed by atoms with Crippen LogP contribution in [0.25, 0.3) is 0 Å². The Morgan fingerprint density at radius 3 is 2.93 bits per heavy atom. The lowest BCUT2D eigenvalue weighted by atomic mass is 10.1. The average Bonchev–Trinajstić information content (AvgIpc) is 2.59. The van der Waals surface area contributed by atoms with Crippen molar-refractivity contribution in [1.29, 1.82) is 0 Å². The van der Waals surface area contributed by atoms with Gasteiger partial charge in [-0.3, -0.25) is 0 Å². The molecule has 1 aromatic carbocycles. The molecule has 0 aromatic heterocycles. The standard InChI is InChI=1S/C13H20N2/c1-3-8-15(2)10-12-9-11-6-4-5-7-13(11)14-12/h4-7,12,14H,3,8-10H2,1-2H3/t12-/m1/s1. The maximum atomic E-state index is 3.58. The van der Waals surface area contributed by atoms with Gasteiger partial charge in [0.1, 0.15) is 0 Å². The topological polar surface area (TPSA) is 15.3 Å². The van der Waals surface area contributed by atoms with Crippen LogP contribution in [-0.2, 0) is 6.42 Å². The zero-order valence-corrected chi connectivity index (χ0v) is 9.66. The fourth-order valence-electron chi connectivity index (χ4n) is 2.33. The number of rotatable bonds is 4. The maximum absolute atomic E-state index is 3.58. The van der Waals surface area contributed by atoms with Crippen molar-refractivity contribution >= 4 is 5.69 Å². The van der Waals surface area contributed by atoms with Gasteiger partial charge in [-0.25, -0.2) is 0 Å². The summed E-state index contributed by atoms with van der Waals surface area (Å²) < 4.78 is 0. The highest BCUT2D eigenvalue weighted by atomic mass is 15.1. The van der Waals surface area contributed by atoms with Crippen molar-refractivity contribution in [3.8, 4) is 0 Å². The molecule has 1 aromatic rings. The molecule has 0 unspecified atom stereocenters. The molecular weight excluding hydrogens is 184 g/mol. The Morgan fingerprint density at radius 1 is 1.40 bits per heavy atom. The summed E-state index contributed by atoms with van der Waals surface area (Å²) >= 11 is 0. The largest absolute Gasteiger partial charge is 0.380 e. The molecule has 0 saturated heterocycles. The first kappa shape index (κ1) is 10.5. The molecule has 1 aliphatic heterocycles. The van der Waals surface area contributed by atoms with E-state index in [-0.39, 0.29) is 0 Å². The number of fused-ring (bicyclic) bond motifs is 1. The van der Waals surface area contributed by atoms with E-state index in [0.717, 1.165) is 6.54 Å². The van der Waals surface area contributed by atoms with E-state index in [1.807, 2.05) is 0 Å². The van der Waals surface area contributed by atoms with Crippen molar-refractivity contribution in [2.75, 3.05) is 25.5 Å². The second kappa shape index (κ2) is 4.67. The minimum atomic E-state index is 0.596. The van der Waals surface area contributed by atoms with Gasteiger partial charge in [-0.1, -0.05) is 25.1 Å². The molecule has 0 radical (unpaired) electrons. The molecule has 0 bridgehead atoms. The second-order valence-electron chi connectivity index (χ2n) is 4.46. The Bertz CT molecular complexity index is 297. The molecule has 0 saturated carbocycles. The van der Waals surface area contributed by atoms with Crippen LogP contribution in [0.1, 0.15) is 18.9 Å². The third-order valence-corrected chi connectivity index (χ3v) is 2.98. The van der Waals surface area contributed by atoms with E-state index < -0.39 is 0 Å². The molecule has 0 aliphatic carbocycles. The zero-order valence-electron chi connectivity index (χ0n) is 9.66. The summed E-state index contributed by atoms with van der Waals surface area (Å²) in [7, 11) is 2.20. The van der Waals surface area contributed by atoms with Crippen molar-refractivity contribution < 1.29 is 0 Å². The highest BCUT2D eigenvalue weighted by Gasteiger charge is 2.20. The lowest BCUT2D eigenvalue weighted by Crippen LogP contribution is -2.33. The smallest absolute Gasteiger partial charge is 0.0429 e. The van der Waals surface area contributed by atoms with E-state index >= 15 is 0 Å². The SMILES string of the molecule is CCCN(C)C[C@H]1Cc2ccccc2N1. The van der Waals surface area contributed by atoms with Crippen molar-refractivity contribution in [3.63, 3.8) is 0 Å². The minimum Gasteiger partial charge on any atom is -0.380 e. The molecule has 82 valence electrons. The van der Waals surface area contributed by atoms with E-state index in [9.17, 15) is 0 Å². The Hall–Kier alpha value is -1.02. The molecule has 2 heteroatoms. The predicted molar refractivity (Wildman–Crippen MR) is 65.3 cm³/mol. The molecule has 0 amide bonds. The first-order valence-corrected chi connectivity index (χ1v) is 5.82. The van der Waals surface area contributed by atoms with Gasteiger partial charge < -0.3 is 10.2 Å². The van der Waals surface area contributed by atoms with Gasteiger partial charge in [0.2, 0.25) is 0 Å². The average molecular weight is 204 g/mol. The number of para-hydroxylation sites is 1. The predicted octanol–water partition coefficient (Wildman–Crippen LogP) is 2.37. The van der Waals surface area contributed by atoms with Gasteiger partial charge in [-0.05, 0) is 38.1 Å². The summed E-state index contributed by atoms with van der Waals surface area (Å²) in [5, 5.41) is 3.58. The van der Waals surface area contributed by atoms with Crippen molar-refractivity contribution in [2.24, 2.45) is 0 Å². The van der Waals surface area contributed by atoms with Gasteiger partial charge >= 0.3 is 0 Å². The summed E-state index contributed by atoms with van der Waals surface area (Å²) in [5.74, 6) is 0. The summed E-state index contributed by atoms with van der Waals surface area (Å²) in [5.41, 5.74) is 2.79. The summed E-state index contributed by atoms with van der Waals surface area (Å²) in [4.78, 5) is 2.41. The van der Waals surface area contributed by atoms with Crippen LogP contribution in [-0.4, -0.2) is 31.1 Å². The molecule has 2 rings (SSSR count). The van der Waals surface area contributed by atoms with E-state index in [0.29, 0.717) is 6.04 Å². The van der Waals surface area contributed by atoms with E-state index in [2.05, 4.69) is 48.5 Å². The van der Waals surface area contributed by atoms with Crippen molar-refractivity contribution in [3.05, 3.63) is 29.8 Å². The molecule has 0 fully saturated rings. The van der Waals surface area contributed by atoms with Gasteiger partial charge in [-0.2, -0.15) is 0 Å². The zero-order chi connectivity index (χ0) is 10.7. The highest BCUT2D eigenvalue weighted by molar-refractivity contribution is 5.56. The van der Waals surface area contributed by atoms with E-state index in [1.54, 1.807) is 0 Å². The highest BCUT2D eigenvalue weighted by Crippen LogP contribution is 2.25. The van der Waals surface area contributed by atoms with Crippen molar-refractivity contribution in [2.45, 2.75) is 25.8 Å². The number of nitrogens with one attached hydrogen (secondary N) is 1. The van der Waals surface area contributed by atoms with Gasteiger partial charge in [0, 0.05) is 18.3 Å². The lowest BCUT2D eigenvalue weighted by molar-refractivity contribution is 0.320. The lowest BCUT2D eigenvalue weighted by Gasteiger charge is -2.20. The van der Waals surface area contributed by atoms with Crippen LogP contribution in [0.5, 0.6) is 0 Å². The van der Waals surface area contributed by atoms with E-state index in [1.165, 1.54) is 30.6 Å². The number of benzene rings is 1. The number of anilines is 1. The normalized spacial score (nSPS) is 19.0. The Labute approximate surface area is 92.3 Å². The fourth-order valence-corrected chi connectivity index (χ4v) is 2.33. The Morgan fingerprint density at radius 2 is 2.20 bits per heavy atom. The fraction of sp³-hybridized carbons (Fsp3) is 0.538. The first-order valence-electron chi connectivity index (χ1n) is 5.82. The molecule has 1 heterocycles. The Kier molecular flexibility index (Phi) is 3.27. The van der Waals surface area contributed by atoms with Crippen LogP contribution in [0.3, 0.4) is 0 Å². The third kappa shape index (κ3) is 2.51. The second-order valence-corrected chi connectivity index (χ2v) is 4.46. The van der Waals surface area contributed by atoms with Crippen LogP contribution in [0.15, 0.2) is 24.3 Å². The molecule has 1 atom stereocenters. The molecular formula is C13H20N2. The van der Waals surface area contributed by atoms with Crippen LogP contribution in [0.2, 0.25) is 0 Å². The van der Waals surface area contributed by atoms with Gasteiger partial charge in [-0.15, -0.1) is 0 Å². The Balaban J connectivity index is 1.90. The van der Waals surface area contributed by atoms with E-state index in [4.69, 9.17) is 0 Å². The number of nitrogens with zero attached hydrogens (tertiary/aromatic N) is 1. The first-order chi connectivity index (χ1) is 7.29. The number of likely N-dealkylation sites (N-methyl/N-ethyl adjacent to an activating group) is 1. The van der Waals surface area contributed by atoms with Gasteiger partial charge in [0.25, 0.3) is 0 Å². The molecule has 1 N–H and O–H groups in total. The minimum absolute atomic E-state index is 0.596. The molecule has 0 spiro atoms. The van der Waals surface area contributed by atoms with Crippen molar-refractivity contribution in [1.82, 2.24) is 4.90 Å². The summed E-state index contributed by atoms with van der Waals surface area (Å²) in [6.07, 6.45) is 2.40. The summed E-state index contributed by atoms with van der Waals surface area (Å²) in [6.45, 7) is 4.56. The maximum Gasteiger partial charge on any atom is 0.0429 e. The summed E-state index contributed by atoms with van der Waals surface area (Å²) in [6, 6.07) is 9.22. The number of hydrogen-bond acceptors (Lipinski definition) is 2. The molecule has 2 nitrogen and oxygen atoms in total. The third-order valence-electron chi connectivity index (χ3n) is 2.98. The monoisotopic (exact) mass is 204 g/mol. The quantitative estimate of drug-likeness (QED) is 0.810. The van der Waals surface area contributed by atoms with Crippen LogP contribution in [0.4, 0.5) is 5.69 Å². The van der Waals surface area contributed by atoms with Crippen LogP contribution in [0, 0.1) is 0 Å². The number of hydrogen-bond donors (Lipinski definition) is 1. The van der Waals surface area contributed by atoms with Crippen LogP contribution >= 0.6 is 0 Å². The van der Waals surface area contributed by atoms with Gasteiger partial charge in [0.05, 0.1) is 0 Å². The van der Waals surface area contributed by atoms with Crippen LogP contribution < -0.4 is 5.32 Å². The molecule has 1 aliphatic rings.